The lowest BCUT2D eigenvalue weighted by Gasteiger charge is -2.35. The molecule has 3 unspecified atom stereocenters. The molecule has 1 aromatic rings. The summed E-state index contributed by atoms with van der Waals surface area (Å²) in [5.74, 6) is 1.58. The number of nitrogens with one attached hydrogen (secondary N) is 1. The molecule has 0 aliphatic carbocycles. The van der Waals surface area contributed by atoms with E-state index in [-0.39, 0.29) is 6.10 Å². The first-order valence-electron chi connectivity index (χ1n) is 8.89. The molecule has 0 radical (unpaired) electrons. The smallest absolute Gasteiger partial charge is 0.0802 e. The SMILES string of the molecule is CC1CC(C)CN(CCC(O)c2ccc3c(c2)CCCN3)C1. The molecule has 2 N–H and O–H groups in total. The minimum atomic E-state index is -0.334. The molecule has 2 aliphatic rings. The standard InChI is InChI=1S/C19H30N2O/c1-14-10-15(2)13-21(12-14)9-7-19(22)17-5-6-18-16(11-17)4-3-8-20-18/h5-6,11,14-15,19-20,22H,3-4,7-10,12-13H2,1-2H3. The third-order valence-corrected chi connectivity index (χ3v) is 5.12. The molecule has 1 saturated heterocycles. The zero-order chi connectivity index (χ0) is 15.5. The minimum absolute atomic E-state index is 0.334. The fourth-order valence-electron chi connectivity index (χ4n) is 4.15. The first kappa shape index (κ1) is 15.8. The average Bonchev–Trinajstić information content (AvgIpc) is 2.51. The maximum atomic E-state index is 10.5. The molecule has 1 aromatic carbocycles. The zero-order valence-electron chi connectivity index (χ0n) is 14.0. The molecule has 1 fully saturated rings. The molecular formula is C19H30N2O. The van der Waals surface area contributed by atoms with Crippen LogP contribution in [0.1, 0.15) is 50.3 Å². The lowest BCUT2D eigenvalue weighted by Crippen LogP contribution is -2.39. The Morgan fingerprint density at radius 1 is 1.27 bits per heavy atom. The zero-order valence-corrected chi connectivity index (χ0v) is 14.0. The molecule has 2 aliphatic heterocycles. The molecule has 2 heterocycles. The molecule has 0 bridgehead atoms. The predicted molar refractivity (Wildman–Crippen MR) is 92.2 cm³/mol. The van der Waals surface area contributed by atoms with Crippen LogP contribution >= 0.6 is 0 Å². The summed E-state index contributed by atoms with van der Waals surface area (Å²) in [5, 5.41) is 14.0. The van der Waals surface area contributed by atoms with Crippen LogP contribution in [-0.2, 0) is 6.42 Å². The molecule has 122 valence electrons. The lowest BCUT2D eigenvalue weighted by atomic mass is 9.91. The molecule has 0 spiro atoms. The number of fused-ring (bicyclic) bond motifs is 1. The Morgan fingerprint density at radius 2 is 2.05 bits per heavy atom. The monoisotopic (exact) mass is 302 g/mol. The van der Waals surface area contributed by atoms with Gasteiger partial charge < -0.3 is 15.3 Å². The summed E-state index contributed by atoms with van der Waals surface area (Å²) in [6, 6.07) is 6.43. The highest BCUT2D eigenvalue weighted by Gasteiger charge is 2.22. The second kappa shape index (κ2) is 7.01. The molecule has 3 atom stereocenters. The van der Waals surface area contributed by atoms with Crippen molar-refractivity contribution in [3.8, 4) is 0 Å². The van der Waals surface area contributed by atoms with E-state index in [4.69, 9.17) is 0 Å². The van der Waals surface area contributed by atoms with Crippen molar-refractivity contribution in [2.45, 2.75) is 45.6 Å². The number of hydrogen-bond donors (Lipinski definition) is 2. The summed E-state index contributed by atoms with van der Waals surface area (Å²) >= 11 is 0. The Hall–Kier alpha value is -1.06. The summed E-state index contributed by atoms with van der Waals surface area (Å²) in [5.41, 5.74) is 3.70. The average molecular weight is 302 g/mol. The Kier molecular flexibility index (Phi) is 5.04. The maximum absolute atomic E-state index is 10.5. The van der Waals surface area contributed by atoms with Gasteiger partial charge in [-0.25, -0.2) is 0 Å². The molecule has 3 rings (SSSR count). The van der Waals surface area contributed by atoms with Crippen LogP contribution in [0.15, 0.2) is 18.2 Å². The van der Waals surface area contributed by atoms with Crippen LogP contribution < -0.4 is 5.32 Å². The van der Waals surface area contributed by atoms with Gasteiger partial charge >= 0.3 is 0 Å². The van der Waals surface area contributed by atoms with Gasteiger partial charge in [0.1, 0.15) is 0 Å². The normalized spacial score (nSPS) is 27.0. The third kappa shape index (κ3) is 3.82. The van der Waals surface area contributed by atoms with E-state index in [2.05, 4.69) is 42.3 Å². The van der Waals surface area contributed by atoms with E-state index < -0.39 is 0 Å². The molecule has 0 aromatic heterocycles. The maximum Gasteiger partial charge on any atom is 0.0802 e. The van der Waals surface area contributed by atoms with Gasteiger partial charge in [0.25, 0.3) is 0 Å². The van der Waals surface area contributed by atoms with Crippen molar-refractivity contribution in [1.82, 2.24) is 4.90 Å². The number of anilines is 1. The van der Waals surface area contributed by atoms with Crippen molar-refractivity contribution < 1.29 is 5.11 Å². The number of aryl methyl sites for hydroxylation is 1. The van der Waals surface area contributed by atoms with Crippen LogP contribution in [0.4, 0.5) is 5.69 Å². The van der Waals surface area contributed by atoms with Gasteiger partial charge in [0, 0.05) is 31.9 Å². The molecule has 3 nitrogen and oxygen atoms in total. The third-order valence-electron chi connectivity index (χ3n) is 5.12. The first-order valence-corrected chi connectivity index (χ1v) is 8.89. The van der Waals surface area contributed by atoms with Gasteiger partial charge in [0.15, 0.2) is 0 Å². The van der Waals surface area contributed by atoms with Crippen molar-refractivity contribution in [2.24, 2.45) is 11.8 Å². The molecule has 3 heteroatoms. The van der Waals surface area contributed by atoms with Crippen LogP contribution in [0.3, 0.4) is 0 Å². The van der Waals surface area contributed by atoms with Crippen molar-refractivity contribution in [2.75, 3.05) is 31.5 Å². The Bertz CT molecular complexity index is 492. The van der Waals surface area contributed by atoms with Crippen molar-refractivity contribution >= 4 is 5.69 Å². The minimum Gasteiger partial charge on any atom is -0.388 e. The fraction of sp³-hybridized carbons (Fsp3) is 0.684. The molecule has 0 saturated carbocycles. The number of hydrogen-bond acceptors (Lipinski definition) is 3. The summed E-state index contributed by atoms with van der Waals surface area (Å²) < 4.78 is 0. The number of aliphatic hydroxyl groups is 1. The predicted octanol–water partition coefficient (Wildman–Crippen LogP) is 3.45. The van der Waals surface area contributed by atoms with E-state index in [1.165, 1.54) is 37.2 Å². The van der Waals surface area contributed by atoms with Gasteiger partial charge in [-0.3, -0.25) is 0 Å². The number of aliphatic hydroxyl groups excluding tert-OH is 1. The Labute approximate surface area is 134 Å². The lowest BCUT2D eigenvalue weighted by molar-refractivity contribution is 0.103. The highest BCUT2D eigenvalue weighted by atomic mass is 16.3. The van der Waals surface area contributed by atoms with E-state index >= 15 is 0 Å². The quantitative estimate of drug-likeness (QED) is 0.894. The largest absolute Gasteiger partial charge is 0.388 e. The van der Waals surface area contributed by atoms with Crippen LogP contribution in [0.5, 0.6) is 0 Å². The van der Waals surface area contributed by atoms with Gasteiger partial charge in [-0.15, -0.1) is 0 Å². The van der Waals surface area contributed by atoms with Gasteiger partial charge in [-0.1, -0.05) is 26.0 Å². The Morgan fingerprint density at radius 3 is 2.82 bits per heavy atom. The summed E-state index contributed by atoms with van der Waals surface area (Å²) in [6.45, 7) is 9.13. The summed E-state index contributed by atoms with van der Waals surface area (Å²) in [7, 11) is 0. The molecule has 22 heavy (non-hydrogen) atoms. The van der Waals surface area contributed by atoms with Crippen molar-refractivity contribution in [3.63, 3.8) is 0 Å². The van der Waals surface area contributed by atoms with Crippen molar-refractivity contribution in [3.05, 3.63) is 29.3 Å². The van der Waals surface area contributed by atoms with Gasteiger partial charge in [-0.05, 0) is 54.7 Å². The number of likely N-dealkylation sites (tertiary alicyclic amines) is 1. The second-order valence-electron chi connectivity index (χ2n) is 7.46. The van der Waals surface area contributed by atoms with E-state index in [1.54, 1.807) is 0 Å². The molecule has 0 amide bonds. The summed E-state index contributed by atoms with van der Waals surface area (Å²) in [6.07, 6.45) is 4.17. The Balaban J connectivity index is 1.56. The van der Waals surface area contributed by atoms with E-state index in [9.17, 15) is 5.11 Å². The second-order valence-corrected chi connectivity index (χ2v) is 7.46. The van der Waals surface area contributed by atoms with Gasteiger partial charge in [0.05, 0.1) is 6.10 Å². The van der Waals surface area contributed by atoms with E-state index in [0.29, 0.717) is 0 Å². The fourth-order valence-corrected chi connectivity index (χ4v) is 4.15. The van der Waals surface area contributed by atoms with Gasteiger partial charge in [-0.2, -0.15) is 0 Å². The summed E-state index contributed by atoms with van der Waals surface area (Å²) in [4.78, 5) is 2.53. The number of piperidine rings is 1. The van der Waals surface area contributed by atoms with Crippen LogP contribution in [0, 0.1) is 11.8 Å². The molecular weight excluding hydrogens is 272 g/mol. The van der Waals surface area contributed by atoms with Crippen LogP contribution in [-0.4, -0.2) is 36.2 Å². The number of benzene rings is 1. The van der Waals surface area contributed by atoms with Gasteiger partial charge in [0.2, 0.25) is 0 Å². The number of rotatable bonds is 4. The van der Waals surface area contributed by atoms with E-state index in [0.717, 1.165) is 43.3 Å². The van der Waals surface area contributed by atoms with E-state index in [1.807, 2.05) is 0 Å². The highest BCUT2D eigenvalue weighted by molar-refractivity contribution is 5.54. The van der Waals surface area contributed by atoms with Crippen molar-refractivity contribution in [1.29, 1.82) is 0 Å². The van der Waals surface area contributed by atoms with Crippen LogP contribution in [0.2, 0.25) is 0 Å². The highest BCUT2D eigenvalue weighted by Crippen LogP contribution is 2.28. The topological polar surface area (TPSA) is 35.5 Å². The number of nitrogens with zero attached hydrogens (tertiary/aromatic N) is 1. The van der Waals surface area contributed by atoms with Crippen LogP contribution in [0.25, 0.3) is 0 Å². The first-order chi connectivity index (χ1) is 10.6.